The fourth-order valence-electron chi connectivity index (χ4n) is 3.53. The highest BCUT2D eigenvalue weighted by Crippen LogP contribution is 2.25. The second-order valence-electron chi connectivity index (χ2n) is 7.09. The van der Waals surface area contributed by atoms with E-state index in [1.54, 1.807) is 0 Å². The van der Waals surface area contributed by atoms with Crippen molar-refractivity contribution in [1.82, 2.24) is 25.0 Å². The average molecular weight is 305 g/mol. The Bertz CT molecular complexity index is 539. The number of likely N-dealkylation sites (tertiary alicyclic amines) is 1. The Morgan fingerprint density at radius 1 is 1.27 bits per heavy atom. The third-order valence-electron chi connectivity index (χ3n) is 4.81. The molecule has 0 aromatic carbocycles. The molecule has 2 amide bonds. The van der Waals surface area contributed by atoms with Gasteiger partial charge in [-0.1, -0.05) is 20.8 Å². The van der Waals surface area contributed by atoms with Crippen LogP contribution in [0.4, 0.5) is 4.79 Å². The zero-order chi connectivity index (χ0) is 15.7. The van der Waals surface area contributed by atoms with Crippen LogP contribution in [0.15, 0.2) is 0 Å². The van der Waals surface area contributed by atoms with Gasteiger partial charge in [-0.15, -0.1) is 10.2 Å². The van der Waals surface area contributed by atoms with Gasteiger partial charge in [-0.05, 0) is 31.1 Å². The van der Waals surface area contributed by atoms with Crippen LogP contribution in [0, 0.1) is 11.8 Å². The fourth-order valence-corrected chi connectivity index (χ4v) is 3.53. The number of carbonyl (C=O) groups is 1. The van der Waals surface area contributed by atoms with Gasteiger partial charge in [-0.2, -0.15) is 0 Å². The number of urea groups is 1. The first-order chi connectivity index (χ1) is 10.6. The molecular formula is C16H27N5O. The minimum Gasteiger partial charge on any atom is -0.328 e. The number of carbonyl (C=O) groups excluding carboxylic acids is 1. The highest BCUT2D eigenvalue weighted by Gasteiger charge is 2.30. The minimum atomic E-state index is -0.0657. The first kappa shape index (κ1) is 15.3. The lowest BCUT2D eigenvalue weighted by molar-refractivity contribution is 0.162. The van der Waals surface area contributed by atoms with Crippen LogP contribution in [0.2, 0.25) is 0 Å². The summed E-state index contributed by atoms with van der Waals surface area (Å²) in [6.45, 7) is 9.15. The molecule has 1 saturated heterocycles. The molecule has 0 aliphatic carbocycles. The number of rotatable bonds is 3. The van der Waals surface area contributed by atoms with Crippen LogP contribution < -0.4 is 5.32 Å². The Morgan fingerprint density at radius 2 is 2.09 bits per heavy atom. The largest absolute Gasteiger partial charge is 0.328 e. The van der Waals surface area contributed by atoms with Crippen molar-refractivity contribution in [2.45, 2.75) is 59.0 Å². The average Bonchev–Trinajstić information content (AvgIpc) is 3.07. The number of amides is 2. The zero-order valence-corrected chi connectivity index (χ0v) is 13.9. The molecule has 0 unspecified atom stereocenters. The van der Waals surface area contributed by atoms with E-state index in [4.69, 9.17) is 0 Å². The molecule has 0 bridgehead atoms. The maximum absolute atomic E-state index is 12.6. The number of aromatic nitrogens is 3. The molecule has 22 heavy (non-hydrogen) atoms. The summed E-state index contributed by atoms with van der Waals surface area (Å²) in [5, 5.41) is 11.8. The van der Waals surface area contributed by atoms with Crippen molar-refractivity contribution < 1.29 is 4.79 Å². The summed E-state index contributed by atoms with van der Waals surface area (Å²) in [5.41, 5.74) is 0. The van der Waals surface area contributed by atoms with E-state index in [0.29, 0.717) is 11.8 Å². The molecule has 2 atom stereocenters. The maximum Gasteiger partial charge on any atom is 0.318 e. The molecule has 1 aromatic heterocycles. The van der Waals surface area contributed by atoms with Gasteiger partial charge in [0.25, 0.3) is 0 Å². The molecule has 1 fully saturated rings. The molecule has 122 valence electrons. The zero-order valence-electron chi connectivity index (χ0n) is 13.9. The molecule has 6 heteroatoms. The van der Waals surface area contributed by atoms with Gasteiger partial charge in [-0.25, -0.2) is 4.79 Å². The summed E-state index contributed by atoms with van der Waals surface area (Å²) < 4.78 is 2.18. The van der Waals surface area contributed by atoms with Gasteiger partial charge in [0.1, 0.15) is 5.82 Å². The Hall–Kier alpha value is -1.59. The summed E-state index contributed by atoms with van der Waals surface area (Å²) in [5.74, 6) is 2.86. The summed E-state index contributed by atoms with van der Waals surface area (Å²) in [7, 11) is 0. The maximum atomic E-state index is 12.6. The molecule has 1 N–H and O–H groups in total. The van der Waals surface area contributed by atoms with Gasteiger partial charge >= 0.3 is 6.03 Å². The van der Waals surface area contributed by atoms with E-state index in [1.807, 2.05) is 4.90 Å². The van der Waals surface area contributed by atoms with Crippen LogP contribution in [-0.4, -0.2) is 38.8 Å². The second kappa shape index (κ2) is 6.26. The number of nitrogens with zero attached hydrogens (tertiary/aromatic N) is 4. The molecule has 3 rings (SSSR count). The highest BCUT2D eigenvalue weighted by atomic mass is 16.2. The summed E-state index contributed by atoms with van der Waals surface area (Å²) in [6, 6.07) is -0.0234. The molecule has 6 nitrogen and oxygen atoms in total. The third-order valence-corrected chi connectivity index (χ3v) is 4.81. The van der Waals surface area contributed by atoms with Crippen molar-refractivity contribution in [3.05, 3.63) is 11.6 Å². The molecular weight excluding hydrogens is 278 g/mol. The molecule has 2 aliphatic rings. The molecule has 0 saturated carbocycles. The number of hydrogen-bond acceptors (Lipinski definition) is 3. The smallest absolute Gasteiger partial charge is 0.318 e. The van der Waals surface area contributed by atoms with E-state index in [0.717, 1.165) is 50.5 Å². The van der Waals surface area contributed by atoms with Crippen LogP contribution in [0.3, 0.4) is 0 Å². The van der Waals surface area contributed by atoms with Crippen LogP contribution >= 0.6 is 0 Å². The highest BCUT2D eigenvalue weighted by molar-refractivity contribution is 5.74. The molecule has 2 aliphatic heterocycles. The molecule has 3 heterocycles. The van der Waals surface area contributed by atoms with Crippen molar-refractivity contribution in [2.75, 3.05) is 13.1 Å². The topological polar surface area (TPSA) is 63.1 Å². The predicted octanol–water partition coefficient (Wildman–Crippen LogP) is 2.36. The van der Waals surface area contributed by atoms with Crippen molar-refractivity contribution in [3.63, 3.8) is 0 Å². The van der Waals surface area contributed by atoms with Crippen molar-refractivity contribution in [3.8, 4) is 0 Å². The monoisotopic (exact) mass is 305 g/mol. The van der Waals surface area contributed by atoms with E-state index in [-0.39, 0.29) is 12.1 Å². The normalized spacial score (nSPS) is 22.7. The van der Waals surface area contributed by atoms with Gasteiger partial charge in [0, 0.05) is 26.1 Å². The van der Waals surface area contributed by atoms with Crippen LogP contribution in [0.25, 0.3) is 0 Å². The Morgan fingerprint density at radius 3 is 2.82 bits per heavy atom. The molecule has 1 aromatic rings. The summed E-state index contributed by atoms with van der Waals surface area (Å²) in [6.07, 6.45) is 4.44. The standard InChI is InChI=1S/C16H27N5O/c1-11(2)14(15-19-18-13-7-5-9-21(13)15)17-16(22)20-8-4-6-12(3)10-20/h11-12,14H,4-10H2,1-3H3,(H,17,22)/t12-,14-/m0/s1. The van der Waals surface area contributed by atoms with Gasteiger partial charge < -0.3 is 14.8 Å². The lowest BCUT2D eigenvalue weighted by atomic mass is 10.0. The van der Waals surface area contributed by atoms with Crippen molar-refractivity contribution in [1.29, 1.82) is 0 Å². The van der Waals surface area contributed by atoms with E-state index in [1.165, 1.54) is 6.42 Å². The Kier molecular flexibility index (Phi) is 4.36. The predicted molar refractivity (Wildman–Crippen MR) is 84.4 cm³/mol. The van der Waals surface area contributed by atoms with Gasteiger partial charge in [0.2, 0.25) is 0 Å². The quantitative estimate of drug-likeness (QED) is 0.932. The van der Waals surface area contributed by atoms with E-state index in [9.17, 15) is 4.79 Å². The number of nitrogens with one attached hydrogen (secondary N) is 1. The van der Waals surface area contributed by atoms with Crippen molar-refractivity contribution >= 4 is 6.03 Å². The lowest BCUT2D eigenvalue weighted by Crippen LogP contribution is -2.47. The van der Waals surface area contributed by atoms with Crippen LogP contribution in [-0.2, 0) is 13.0 Å². The SMILES string of the molecule is CC(C)[C@H](NC(=O)N1CCC[C@H](C)C1)c1nnc2n1CCC2. The second-order valence-corrected chi connectivity index (χ2v) is 7.09. The van der Waals surface area contributed by atoms with E-state index < -0.39 is 0 Å². The van der Waals surface area contributed by atoms with E-state index in [2.05, 4.69) is 40.9 Å². The molecule has 0 radical (unpaired) electrons. The third kappa shape index (κ3) is 2.96. The van der Waals surface area contributed by atoms with Gasteiger partial charge in [0.05, 0.1) is 6.04 Å². The molecule has 0 spiro atoms. The minimum absolute atomic E-state index is 0.0422. The number of aryl methyl sites for hydroxylation is 1. The van der Waals surface area contributed by atoms with Gasteiger partial charge in [0.15, 0.2) is 5.82 Å². The lowest BCUT2D eigenvalue weighted by Gasteiger charge is -2.33. The summed E-state index contributed by atoms with van der Waals surface area (Å²) >= 11 is 0. The Labute approximate surface area is 132 Å². The van der Waals surface area contributed by atoms with Crippen LogP contribution in [0.1, 0.15) is 57.7 Å². The number of piperidine rings is 1. The van der Waals surface area contributed by atoms with Gasteiger partial charge in [-0.3, -0.25) is 0 Å². The van der Waals surface area contributed by atoms with E-state index >= 15 is 0 Å². The first-order valence-electron chi connectivity index (χ1n) is 8.53. The Balaban J connectivity index is 1.73. The number of hydrogen-bond donors (Lipinski definition) is 1. The fraction of sp³-hybridized carbons (Fsp3) is 0.812. The van der Waals surface area contributed by atoms with Crippen LogP contribution in [0.5, 0.6) is 0 Å². The van der Waals surface area contributed by atoms with Crippen molar-refractivity contribution in [2.24, 2.45) is 11.8 Å². The number of fused-ring (bicyclic) bond motifs is 1. The first-order valence-corrected chi connectivity index (χ1v) is 8.53. The summed E-state index contributed by atoms with van der Waals surface area (Å²) in [4.78, 5) is 14.6.